The largest absolute Gasteiger partial charge is 0.463 e. The van der Waals surface area contributed by atoms with Gasteiger partial charge in [-0.15, -0.1) is 0 Å². The van der Waals surface area contributed by atoms with Crippen molar-refractivity contribution in [2.24, 2.45) is 0 Å². The van der Waals surface area contributed by atoms with Crippen LogP contribution in [0.3, 0.4) is 0 Å². The number of hydrogen-bond acceptors (Lipinski definition) is 11. The summed E-state index contributed by atoms with van der Waals surface area (Å²) < 4.78 is 71.2. The Morgan fingerprint density at radius 1 is 0.850 bits per heavy atom. The standard InChI is InChI=1S/C6H3ClF3N3O3.C6H15N.C4HCl2N3O2.C2H3F3O/c7-5-11-1-3(13(14)15)4(12-5)16-2-6(8,9)10;1-4-7(5-2)6-3;5-3-2(9(10)11)1-7-4(6)8-3;3-2(4,5)1-6/h1H,2H2;4-6H2,1-3H3;1H;6H,1H2. The van der Waals surface area contributed by atoms with Gasteiger partial charge in [-0.25, -0.2) is 9.97 Å². The second-order valence-corrected chi connectivity index (χ2v) is 7.49. The number of alkyl halides is 6. The molecule has 2 rings (SSSR count). The summed E-state index contributed by atoms with van der Waals surface area (Å²) in [5.41, 5.74) is -1.13. The van der Waals surface area contributed by atoms with Crippen molar-refractivity contribution in [3.63, 3.8) is 0 Å². The van der Waals surface area contributed by atoms with Gasteiger partial charge in [-0.3, -0.25) is 20.2 Å². The molecule has 0 aromatic carbocycles. The van der Waals surface area contributed by atoms with E-state index in [1.54, 1.807) is 0 Å². The van der Waals surface area contributed by atoms with Gasteiger partial charge in [-0.1, -0.05) is 32.4 Å². The molecule has 0 aliphatic heterocycles. The summed E-state index contributed by atoms with van der Waals surface area (Å²) in [6, 6.07) is 0. The van der Waals surface area contributed by atoms with Crippen molar-refractivity contribution in [2.45, 2.75) is 33.1 Å². The number of aliphatic hydroxyl groups is 1. The number of hydrogen-bond donors (Lipinski definition) is 1. The molecule has 0 spiro atoms. The van der Waals surface area contributed by atoms with Gasteiger partial charge in [0.25, 0.3) is 5.88 Å². The van der Waals surface area contributed by atoms with Crippen molar-refractivity contribution in [1.82, 2.24) is 24.8 Å². The fraction of sp³-hybridized carbons (Fsp3) is 0.556. The lowest BCUT2D eigenvalue weighted by atomic mass is 10.5. The molecule has 40 heavy (non-hydrogen) atoms. The van der Waals surface area contributed by atoms with Gasteiger partial charge in [0.1, 0.15) is 19.0 Å². The summed E-state index contributed by atoms with van der Waals surface area (Å²) in [5.74, 6) is -0.817. The predicted molar refractivity (Wildman–Crippen MR) is 131 cm³/mol. The number of aromatic nitrogens is 4. The van der Waals surface area contributed by atoms with Crippen molar-refractivity contribution >= 4 is 46.2 Å². The van der Waals surface area contributed by atoms with Gasteiger partial charge in [0.15, 0.2) is 6.61 Å². The minimum atomic E-state index is -4.62. The highest BCUT2D eigenvalue weighted by atomic mass is 35.5. The van der Waals surface area contributed by atoms with Crippen LogP contribution in [-0.2, 0) is 0 Å². The predicted octanol–water partition coefficient (Wildman–Crippen LogP) is 5.56. The highest BCUT2D eigenvalue weighted by Gasteiger charge is 2.31. The van der Waals surface area contributed by atoms with E-state index < -0.39 is 52.3 Å². The van der Waals surface area contributed by atoms with Gasteiger partial charge < -0.3 is 14.7 Å². The number of halogens is 9. The Hall–Kier alpha value is -2.87. The normalized spacial score (nSPS) is 10.8. The zero-order valence-corrected chi connectivity index (χ0v) is 23.0. The molecule has 0 aliphatic rings. The monoisotopic (exact) mass is 651 g/mol. The molecule has 0 atom stereocenters. The molecule has 0 fully saturated rings. The molecule has 2 aromatic rings. The highest BCUT2D eigenvalue weighted by molar-refractivity contribution is 6.33. The van der Waals surface area contributed by atoms with E-state index in [2.05, 4.69) is 50.3 Å². The molecule has 22 heteroatoms. The van der Waals surface area contributed by atoms with Crippen LogP contribution in [0.1, 0.15) is 20.8 Å². The summed E-state index contributed by atoms with van der Waals surface area (Å²) in [6.07, 6.45) is -7.40. The summed E-state index contributed by atoms with van der Waals surface area (Å²) >= 11 is 15.9. The first-order valence-electron chi connectivity index (χ1n) is 10.4. The molecule has 13 nitrogen and oxygen atoms in total. The maximum Gasteiger partial charge on any atom is 0.422 e. The summed E-state index contributed by atoms with van der Waals surface area (Å²) in [4.78, 5) is 34.4. The first-order valence-corrected chi connectivity index (χ1v) is 11.5. The van der Waals surface area contributed by atoms with Gasteiger partial charge >= 0.3 is 23.7 Å². The molecule has 0 bridgehead atoms. The van der Waals surface area contributed by atoms with Gasteiger partial charge in [0.2, 0.25) is 15.7 Å². The topological polar surface area (TPSA) is 171 Å². The lowest BCUT2D eigenvalue weighted by Gasteiger charge is -2.13. The number of nitrogens with zero attached hydrogens (tertiary/aromatic N) is 7. The summed E-state index contributed by atoms with van der Waals surface area (Å²) in [5, 5.41) is 27.0. The van der Waals surface area contributed by atoms with Gasteiger partial charge in [-0.05, 0) is 42.8 Å². The molecule has 228 valence electrons. The molecular formula is C18H22Cl3F6N7O6. The molecule has 2 aromatic heterocycles. The van der Waals surface area contributed by atoms with Crippen LogP contribution < -0.4 is 4.74 Å². The third-order valence-electron chi connectivity index (χ3n) is 3.69. The average molecular weight is 653 g/mol. The number of nitro groups is 2. The molecule has 0 radical (unpaired) electrons. The van der Waals surface area contributed by atoms with E-state index in [0.717, 1.165) is 6.20 Å². The lowest BCUT2D eigenvalue weighted by molar-refractivity contribution is -0.386. The molecular weight excluding hydrogens is 631 g/mol. The van der Waals surface area contributed by atoms with Crippen molar-refractivity contribution in [1.29, 1.82) is 0 Å². The average Bonchev–Trinajstić information content (AvgIpc) is 2.84. The smallest absolute Gasteiger partial charge is 0.422 e. The number of ether oxygens (including phenoxy) is 1. The molecule has 0 aliphatic carbocycles. The van der Waals surface area contributed by atoms with Crippen LogP contribution >= 0.6 is 34.8 Å². The van der Waals surface area contributed by atoms with Gasteiger partial charge in [0, 0.05) is 0 Å². The molecule has 0 amide bonds. The van der Waals surface area contributed by atoms with E-state index in [9.17, 15) is 46.6 Å². The summed E-state index contributed by atoms with van der Waals surface area (Å²) in [7, 11) is 0. The minimum Gasteiger partial charge on any atom is -0.463 e. The van der Waals surface area contributed by atoms with Crippen molar-refractivity contribution in [2.75, 3.05) is 32.8 Å². The second kappa shape index (κ2) is 19.2. The van der Waals surface area contributed by atoms with E-state index in [1.807, 2.05) is 0 Å². The third-order valence-corrected chi connectivity index (χ3v) is 4.33. The fourth-order valence-electron chi connectivity index (χ4n) is 1.85. The van der Waals surface area contributed by atoms with Crippen molar-refractivity contribution in [3.05, 3.63) is 48.3 Å². The van der Waals surface area contributed by atoms with Crippen molar-refractivity contribution < 1.29 is 46.0 Å². The fourth-order valence-corrected chi connectivity index (χ4v) is 2.35. The first kappa shape index (κ1) is 39.3. The second-order valence-electron chi connectivity index (χ2n) is 6.46. The highest BCUT2D eigenvalue weighted by Crippen LogP contribution is 2.26. The van der Waals surface area contributed by atoms with E-state index in [4.69, 9.17) is 39.9 Å². The van der Waals surface area contributed by atoms with Crippen molar-refractivity contribution in [3.8, 4) is 5.88 Å². The van der Waals surface area contributed by atoms with E-state index >= 15 is 0 Å². The van der Waals surface area contributed by atoms with Crippen LogP contribution in [0.4, 0.5) is 37.7 Å². The van der Waals surface area contributed by atoms with Gasteiger partial charge in [0.05, 0.1) is 9.85 Å². The lowest BCUT2D eigenvalue weighted by Crippen LogP contribution is -2.21. The Labute approximate surface area is 237 Å². The Kier molecular flexibility index (Phi) is 18.9. The number of aliphatic hydroxyl groups excluding tert-OH is 1. The zero-order chi connectivity index (χ0) is 31.7. The zero-order valence-electron chi connectivity index (χ0n) is 20.7. The number of rotatable bonds is 7. The molecule has 2 heterocycles. The van der Waals surface area contributed by atoms with E-state index in [-0.39, 0.29) is 16.1 Å². The van der Waals surface area contributed by atoms with Gasteiger partial charge in [-0.2, -0.15) is 36.3 Å². The maximum absolute atomic E-state index is 11.8. The first-order chi connectivity index (χ1) is 18.3. The third kappa shape index (κ3) is 19.2. The van der Waals surface area contributed by atoms with Crippen LogP contribution in [0.25, 0.3) is 0 Å². The molecule has 1 N–H and O–H groups in total. The maximum atomic E-state index is 11.8. The van der Waals surface area contributed by atoms with E-state index in [0.29, 0.717) is 6.20 Å². The Bertz CT molecular complexity index is 1060. The van der Waals surface area contributed by atoms with E-state index in [1.165, 1.54) is 19.6 Å². The molecule has 0 unspecified atom stereocenters. The Morgan fingerprint density at radius 3 is 1.55 bits per heavy atom. The molecule has 0 saturated heterocycles. The molecule has 0 saturated carbocycles. The minimum absolute atomic E-state index is 0.111. The Balaban J connectivity index is 0. The van der Waals surface area contributed by atoms with Crippen LogP contribution in [0.15, 0.2) is 12.4 Å². The van der Waals surface area contributed by atoms with Crippen LogP contribution in [0.5, 0.6) is 5.88 Å². The Morgan fingerprint density at radius 2 is 1.25 bits per heavy atom. The van der Waals surface area contributed by atoms with Crippen LogP contribution in [0, 0.1) is 20.2 Å². The summed E-state index contributed by atoms with van der Waals surface area (Å²) in [6.45, 7) is 6.70. The SMILES string of the molecule is CCN(CC)CC.O=[N+]([O-])c1cnc(Cl)nc1Cl.O=[N+]([O-])c1cnc(Cl)nc1OCC(F)(F)F.OCC(F)(F)F. The van der Waals surface area contributed by atoms with Crippen LogP contribution in [0.2, 0.25) is 15.7 Å². The quantitative estimate of drug-likeness (QED) is 0.131. The van der Waals surface area contributed by atoms with Crippen LogP contribution in [-0.4, -0.2) is 85.0 Å².